The standard InChI is InChI=1S/C10H12ClN5O/c11-7-2-3-9(17)8(6-7)10-13-14-15-16(10)5-1-4-12/h2-3,6,17H,1,4-5,12H2. The van der Waals surface area contributed by atoms with E-state index < -0.39 is 0 Å². The predicted octanol–water partition coefficient (Wildman–Crippen LogP) is 1.05. The molecule has 0 atom stereocenters. The van der Waals surface area contributed by atoms with E-state index in [1.54, 1.807) is 16.8 Å². The van der Waals surface area contributed by atoms with Crippen molar-refractivity contribution in [2.75, 3.05) is 6.54 Å². The molecule has 1 aromatic heterocycles. The Kier molecular flexibility index (Phi) is 3.55. The van der Waals surface area contributed by atoms with Crippen LogP contribution in [0.4, 0.5) is 0 Å². The van der Waals surface area contributed by atoms with Crippen molar-refractivity contribution in [2.24, 2.45) is 5.73 Å². The predicted molar refractivity (Wildman–Crippen MR) is 63.6 cm³/mol. The second kappa shape index (κ2) is 5.11. The molecule has 0 bridgehead atoms. The lowest BCUT2D eigenvalue weighted by molar-refractivity contribution is 0.475. The molecule has 0 unspecified atom stereocenters. The van der Waals surface area contributed by atoms with E-state index in [2.05, 4.69) is 15.5 Å². The van der Waals surface area contributed by atoms with Gasteiger partial charge in [-0.15, -0.1) is 5.10 Å². The maximum absolute atomic E-state index is 9.76. The summed E-state index contributed by atoms with van der Waals surface area (Å²) in [7, 11) is 0. The van der Waals surface area contributed by atoms with Gasteiger partial charge in [-0.3, -0.25) is 0 Å². The van der Waals surface area contributed by atoms with Crippen molar-refractivity contribution in [1.29, 1.82) is 0 Å². The molecule has 90 valence electrons. The average molecular weight is 254 g/mol. The molecule has 7 heteroatoms. The fourth-order valence-electron chi connectivity index (χ4n) is 1.48. The largest absolute Gasteiger partial charge is 0.507 e. The lowest BCUT2D eigenvalue weighted by atomic mass is 10.2. The van der Waals surface area contributed by atoms with E-state index in [1.165, 1.54) is 6.07 Å². The van der Waals surface area contributed by atoms with Gasteiger partial charge in [0.15, 0.2) is 5.82 Å². The van der Waals surface area contributed by atoms with Crippen molar-refractivity contribution in [1.82, 2.24) is 20.2 Å². The molecule has 2 rings (SSSR count). The Morgan fingerprint density at radius 1 is 1.41 bits per heavy atom. The van der Waals surface area contributed by atoms with E-state index >= 15 is 0 Å². The van der Waals surface area contributed by atoms with E-state index in [4.69, 9.17) is 17.3 Å². The van der Waals surface area contributed by atoms with Crippen molar-refractivity contribution >= 4 is 11.6 Å². The number of tetrazole rings is 1. The number of phenolic OH excluding ortho intramolecular Hbond substituents is 1. The molecule has 0 saturated heterocycles. The number of phenols is 1. The zero-order valence-corrected chi connectivity index (χ0v) is 9.80. The van der Waals surface area contributed by atoms with Gasteiger partial charge < -0.3 is 10.8 Å². The highest BCUT2D eigenvalue weighted by Crippen LogP contribution is 2.29. The van der Waals surface area contributed by atoms with Gasteiger partial charge in [0.05, 0.1) is 5.56 Å². The molecule has 0 aliphatic heterocycles. The third kappa shape index (κ3) is 2.54. The van der Waals surface area contributed by atoms with Gasteiger partial charge in [0.25, 0.3) is 0 Å². The SMILES string of the molecule is NCCCn1nnnc1-c1cc(Cl)ccc1O. The van der Waals surface area contributed by atoms with E-state index in [-0.39, 0.29) is 5.75 Å². The summed E-state index contributed by atoms with van der Waals surface area (Å²) in [4.78, 5) is 0. The Morgan fingerprint density at radius 2 is 2.24 bits per heavy atom. The molecule has 1 aromatic carbocycles. The first kappa shape index (κ1) is 11.8. The van der Waals surface area contributed by atoms with E-state index in [9.17, 15) is 5.11 Å². The van der Waals surface area contributed by atoms with Gasteiger partial charge >= 0.3 is 0 Å². The zero-order chi connectivity index (χ0) is 12.3. The van der Waals surface area contributed by atoms with Crippen LogP contribution in [0.25, 0.3) is 11.4 Å². The Hall–Kier alpha value is -1.66. The first-order valence-corrected chi connectivity index (χ1v) is 5.55. The first-order valence-electron chi connectivity index (χ1n) is 5.17. The number of halogens is 1. The number of rotatable bonds is 4. The second-order valence-corrected chi connectivity index (χ2v) is 3.97. The molecule has 0 fully saturated rings. The topological polar surface area (TPSA) is 89.9 Å². The van der Waals surface area contributed by atoms with Crippen molar-refractivity contribution in [3.8, 4) is 17.1 Å². The number of aryl methyl sites for hydroxylation is 1. The van der Waals surface area contributed by atoms with Crippen LogP contribution >= 0.6 is 11.6 Å². The van der Waals surface area contributed by atoms with Crippen molar-refractivity contribution in [3.05, 3.63) is 23.2 Å². The number of hydrogen-bond donors (Lipinski definition) is 2. The molecule has 17 heavy (non-hydrogen) atoms. The number of aromatic hydroxyl groups is 1. The smallest absolute Gasteiger partial charge is 0.185 e. The Labute approximate surface area is 103 Å². The van der Waals surface area contributed by atoms with Crippen LogP contribution in [-0.2, 0) is 6.54 Å². The molecule has 0 radical (unpaired) electrons. The Morgan fingerprint density at radius 3 is 3.00 bits per heavy atom. The summed E-state index contributed by atoms with van der Waals surface area (Å²) in [5.74, 6) is 0.580. The minimum Gasteiger partial charge on any atom is -0.507 e. The maximum atomic E-state index is 9.76. The number of nitrogens with zero attached hydrogens (tertiary/aromatic N) is 4. The number of benzene rings is 1. The summed E-state index contributed by atoms with van der Waals surface area (Å²) >= 11 is 5.88. The molecule has 0 spiro atoms. The summed E-state index contributed by atoms with van der Waals surface area (Å²) in [6.45, 7) is 1.16. The van der Waals surface area contributed by atoms with Gasteiger partial charge in [0, 0.05) is 11.6 Å². The van der Waals surface area contributed by atoms with Crippen LogP contribution in [0.5, 0.6) is 5.75 Å². The molecule has 2 aromatic rings. The molecule has 0 aliphatic rings. The van der Waals surface area contributed by atoms with Gasteiger partial charge in [-0.2, -0.15) is 0 Å². The minimum absolute atomic E-state index is 0.0956. The van der Waals surface area contributed by atoms with Crippen LogP contribution in [0.3, 0.4) is 0 Å². The highest BCUT2D eigenvalue weighted by atomic mass is 35.5. The summed E-state index contributed by atoms with van der Waals surface area (Å²) < 4.78 is 1.60. The fourth-order valence-corrected chi connectivity index (χ4v) is 1.65. The highest BCUT2D eigenvalue weighted by Gasteiger charge is 2.13. The molecular weight excluding hydrogens is 242 g/mol. The third-order valence-electron chi connectivity index (χ3n) is 2.31. The summed E-state index contributed by atoms with van der Waals surface area (Å²) in [6, 6.07) is 4.75. The van der Waals surface area contributed by atoms with Gasteiger partial charge in [-0.1, -0.05) is 11.6 Å². The van der Waals surface area contributed by atoms with Gasteiger partial charge in [0.2, 0.25) is 0 Å². The van der Waals surface area contributed by atoms with Crippen LogP contribution in [0.2, 0.25) is 5.02 Å². The Balaban J connectivity index is 2.38. The van der Waals surface area contributed by atoms with Crippen LogP contribution in [-0.4, -0.2) is 31.9 Å². The third-order valence-corrected chi connectivity index (χ3v) is 2.54. The molecule has 0 saturated carbocycles. The van der Waals surface area contributed by atoms with Crippen LogP contribution in [0, 0.1) is 0 Å². The summed E-state index contributed by atoms with van der Waals surface area (Å²) in [5.41, 5.74) is 5.95. The number of hydrogen-bond acceptors (Lipinski definition) is 5. The van der Waals surface area contributed by atoms with Gasteiger partial charge in [0.1, 0.15) is 5.75 Å². The monoisotopic (exact) mass is 253 g/mol. The molecule has 3 N–H and O–H groups in total. The fraction of sp³-hybridized carbons (Fsp3) is 0.300. The quantitative estimate of drug-likeness (QED) is 0.850. The average Bonchev–Trinajstić information content (AvgIpc) is 2.77. The van der Waals surface area contributed by atoms with Gasteiger partial charge in [-0.05, 0) is 41.6 Å². The van der Waals surface area contributed by atoms with Crippen molar-refractivity contribution in [2.45, 2.75) is 13.0 Å². The first-order chi connectivity index (χ1) is 8.22. The van der Waals surface area contributed by atoms with Gasteiger partial charge in [-0.25, -0.2) is 4.68 Å². The van der Waals surface area contributed by atoms with E-state index in [0.717, 1.165) is 6.42 Å². The molecule has 6 nitrogen and oxygen atoms in total. The van der Waals surface area contributed by atoms with E-state index in [1.807, 2.05) is 0 Å². The minimum atomic E-state index is 0.0956. The lowest BCUT2D eigenvalue weighted by Crippen LogP contribution is -2.08. The van der Waals surface area contributed by atoms with Crippen LogP contribution < -0.4 is 5.73 Å². The maximum Gasteiger partial charge on any atom is 0.185 e. The summed E-state index contributed by atoms with van der Waals surface area (Å²) in [6.07, 6.45) is 0.763. The van der Waals surface area contributed by atoms with Crippen LogP contribution in [0.15, 0.2) is 18.2 Å². The lowest BCUT2D eigenvalue weighted by Gasteiger charge is -2.05. The normalized spacial score (nSPS) is 10.7. The molecular formula is C10H12ClN5O. The van der Waals surface area contributed by atoms with Crippen LogP contribution in [0.1, 0.15) is 6.42 Å². The highest BCUT2D eigenvalue weighted by molar-refractivity contribution is 6.30. The summed E-state index contributed by atoms with van der Waals surface area (Å²) in [5, 5.41) is 21.6. The molecule has 0 amide bonds. The zero-order valence-electron chi connectivity index (χ0n) is 9.04. The molecule has 1 heterocycles. The van der Waals surface area contributed by atoms with Crippen molar-refractivity contribution < 1.29 is 5.11 Å². The second-order valence-electron chi connectivity index (χ2n) is 3.53. The number of nitrogens with two attached hydrogens (primary N) is 1. The number of aromatic nitrogens is 4. The van der Waals surface area contributed by atoms with Crippen molar-refractivity contribution in [3.63, 3.8) is 0 Å². The molecule has 0 aliphatic carbocycles. The Bertz CT molecular complexity index is 513. The van der Waals surface area contributed by atoms with E-state index in [0.29, 0.717) is 29.5 Å².